The Kier molecular flexibility index (Phi) is 7.26. The van der Waals surface area contributed by atoms with E-state index in [2.05, 4.69) is 5.32 Å². The molecule has 1 amide bonds. The molecule has 0 bridgehead atoms. The zero-order valence-electron chi connectivity index (χ0n) is 16.6. The number of ether oxygens (including phenoxy) is 2. The van der Waals surface area contributed by atoms with Gasteiger partial charge in [0.15, 0.2) is 11.5 Å². The van der Waals surface area contributed by atoms with Crippen molar-refractivity contribution < 1.29 is 18.7 Å². The van der Waals surface area contributed by atoms with E-state index in [1.165, 1.54) is 37.5 Å². The number of nitrogens with zero attached hydrogens (tertiary/aromatic N) is 1. The highest BCUT2D eigenvalue weighted by Crippen LogP contribution is 2.30. The van der Waals surface area contributed by atoms with Gasteiger partial charge in [-0.25, -0.2) is 4.39 Å². The van der Waals surface area contributed by atoms with E-state index in [0.29, 0.717) is 27.8 Å². The third kappa shape index (κ3) is 6.08. The minimum Gasteiger partial charge on any atom is -0.493 e. The Morgan fingerprint density at radius 3 is 2.45 bits per heavy atom. The summed E-state index contributed by atoms with van der Waals surface area (Å²) in [4.78, 5) is 12.4. The number of methoxy groups -OCH3 is 1. The zero-order valence-corrected chi connectivity index (χ0v) is 17.3. The summed E-state index contributed by atoms with van der Waals surface area (Å²) in [5, 5.41) is 12.6. The van der Waals surface area contributed by atoms with Gasteiger partial charge in [-0.15, -0.1) is 0 Å². The van der Waals surface area contributed by atoms with Gasteiger partial charge >= 0.3 is 0 Å². The third-order valence-electron chi connectivity index (χ3n) is 4.27. The van der Waals surface area contributed by atoms with E-state index >= 15 is 0 Å². The largest absolute Gasteiger partial charge is 0.493 e. The van der Waals surface area contributed by atoms with Crippen molar-refractivity contribution in [1.82, 2.24) is 0 Å². The second-order valence-corrected chi connectivity index (χ2v) is 6.89. The summed E-state index contributed by atoms with van der Waals surface area (Å²) in [6.45, 7) is 0.289. The van der Waals surface area contributed by atoms with Gasteiger partial charge in [-0.3, -0.25) is 4.79 Å². The first-order valence-electron chi connectivity index (χ1n) is 9.22. The lowest BCUT2D eigenvalue weighted by Crippen LogP contribution is -2.13. The number of benzene rings is 3. The predicted octanol–water partition coefficient (Wildman–Crippen LogP) is 5.61. The highest BCUT2D eigenvalue weighted by Gasteiger charge is 2.12. The molecule has 0 atom stereocenters. The number of halogens is 2. The molecule has 0 saturated carbocycles. The van der Waals surface area contributed by atoms with Crippen LogP contribution in [0.5, 0.6) is 11.5 Å². The molecule has 0 unspecified atom stereocenters. The van der Waals surface area contributed by atoms with Crippen LogP contribution in [-0.4, -0.2) is 13.0 Å². The van der Waals surface area contributed by atoms with Crippen molar-refractivity contribution in [3.8, 4) is 17.6 Å². The van der Waals surface area contributed by atoms with Crippen LogP contribution in [0.2, 0.25) is 5.02 Å². The van der Waals surface area contributed by atoms with Crippen LogP contribution in [0, 0.1) is 17.1 Å². The van der Waals surface area contributed by atoms with E-state index < -0.39 is 11.7 Å². The van der Waals surface area contributed by atoms with Crippen molar-refractivity contribution in [3.63, 3.8) is 0 Å². The summed E-state index contributed by atoms with van der Waals surface area (Å²) >= 11 is 5.90. The number of carbonyl (C=O) groups excluding carboxylic acids is 1. The molecule has 156 valence electrons. The zero-order chi connectivity index (χ0) is 22.2. The summed E-state index contributed by atoms with van der Waals surface area (Å²) in [5.74, 6) is -0.0465. The second kappa shape index (κ2) is 10.3. The Morgan fingerprint density at radius 2 is 1.81 bits per heavy atom. The van der Waals surface area contributed by atoms with Gasteiger partial charge in [-0.1, -0.05) is 29.8 Å². The Hall–Kier alpha value is -3.82. The summed E-state index contributed by atoms with van der Waals surface area (Å²) in [6, 6.07) is 19.5. The van der Waals surface area contributed by atoms with Crippen molar-refractivity contribution in [1.29, 1.82) is 5.26 Å². The van der Waals surface area contributed by atoms with Gasteiger partial charge in [0.2, 0.25) is 0 Å². The summed E-state index contributed by atoms with van der Waals surface area (Å²) < 4.78 is 24.2. The van der Waals surface area contributed by atoms with Crippen LogP contribution in [0.15, 0.2) is 72.3 Å². The lowest BCUT2D eigenvalue weighted by molar-refractivity contribution is -0.112. The Morgan fingerprint density at radius 1 is 1.10 bits per heavy atom. The number of anilines is 1. The summed E-state index contributed by atoms with van der Waals surface area (Å²) in [5.41, 5.74) is 1.77. The molecule has 3 rings (SSSR count). The van der Waals surface area contributed by atoms with Gasteiger partial charge in [0.25, 0.3) is 5.91 Å². The number of carbonyl (C=O) groups is 1. The second-order valence-electron chi connectivity index (χ2n) is 6.46. The molecule has 0 fully saturated rings. The van der Waals surface area contributed by atoms with Gasteiger partial charge in [-0.2, -0.15) is 5.26 Å². The molecule has 0 aliphatic heterocycles. The van der Waals surface area contributed by atoms with Crippen molar-refractivity contribution in [2.45, 2.75) is 6.61 Å². The molecular formula is C24H18ClFN2O3. The third-order valence-corrected chi connectivity index (χ3v) is 4.53. The van der Waals surface area contributed by atoms with Crippen molar-refractivity contribution >= 4 is 29.3 Å². The van der Waals surface area contributed by atoms with Crippen molar-refractivity contribution in [3.05, 3.63) is 94.3 Å². The lowest BCUT2D eigenvalue weighted by atomic mass is 10.1. The molecule has 1 N–H and O–H groups in total. The van der Waals surface area contributed by atoms with Gasteiger partial charge in [0.05, 0.1) is 7.11 Å². The molecule has 31 heavy (non-hydrogen) atoms. The Labute approximate surface area is 184 Å². The maximum atomic E-state index is 13.0. The molecule has 5 nitrogen and oxygen atoms in total. The quantitative estimate of drug-likeness (QED) is 0.386. The minimum atomic E-state index is -0.603. The van der Waals surface area contributed by atoms with Crippen LogP contribution in [-0.2, 0) is 11.4 Å². The summed E-state index contributed by atoms with van der Waals surface area (Å²) in [7, 11) is 1.52. The van der Waals surface area contributed by atoms with E-state index in [4.69, 9.17) is 21.1 Å². The lowest BCUT2D eigenvalue weighted by Gasteiger charge is -2.12. The van der Waals surface area contributed by atoms with Crippen molar-refractivity contribution in [2.24, 2.45) is 0 Å². The monoisotopic (exact) mass is 436 g/mol. The van der Waals surface area contributed by atoms with Crippen molar-refractivity contribution in [2.75, 3.05) is 12.4 Å². The van der Waals surface area contributed by atoms with Crippen LogP contribution >= 0.6 is 11.6 Å². The highest BCUT2D eigenvalue weighted by molar-refractivity contribution is 6.30. The first-order valence-corrected chi connectivity index (χ1v) is 9.60. The molecule has 3 aromatic carbocycles. The number of nitrogens with one attached hydrogen (secondary N) is 1. The van der Waals surface area contributed by atoms with Gasteiger partial charge < -0.3 is 14.8 Å². The number of hydrogen-bond donors (Lipinski definition) is 1. The van der Waals surface area contributed by atoms with E-state index in [1.807, 2.05) is 18.2 Å². The minimum absolute atomic E-state index is 0.113. The SMILES string of the molecule is COc1ccc(/C=C(/C#N)C(=O)Nc2ccc(F)cc2)cc1OCc1ccc(Cl)cc1. The molecule has 0 aliphatic carbocycles. The predicted molar refractivity (Wildman–Crippen MR) is 117 cm³/mol. The molecule has 0 saturated heterocycles. The molecule has 7 heteroatoms. The van der Waals surface area contributed by atoms with Crippen LogP contribution in [0.3, 0.4) is 0 Å². The van der Waals surface area contributed by atoms with Crippen LogP contribution in [0.25, 0.3) is 6.08 Å². The molecule has 0 spiro atoms. The molecule has 3 aromatic rings. The maximum Gasteiger partial charge on any atom is 0.266 e. The maximum absolute atomic E-state index is 13.0. The van der Waals surface area contributed by atoms with Crippen LogP contribution in [0.1, 0.15) is 11.1 Å². The first-order chi connectivity index (χ1) is 15.0. The van der Waals surface area contributed by atoms with Gasteiger partial charge in [0, 0.05) is 10.7 Å². The van der Waals surface area contributed by atoms with Crippen LogP contribution < -0.4 is 14.8 Å². The molecule has 0 heterocycles. The average Bonchev–Trinajstić information content (AvgIpc) is 2.78. The molecular weight excluding hydrogens is 419 g/mol. The fourth-order valence-corrected chi connectivity index (χ4v) is 2.81. The number of hydrogen-bond acceptors (Lipinski definition) is 4. The Bertz CT molecular complexity index is 1140. The fraction of sp³-hybridized carbons (Fsp3) is 0.0833. The normalized spacial score (nSPS) is 10.8. The average molecular weight is 437 g/mol. The van der Waals surface area contributed by atoms with Crippen LogP contribution in [0.4, 0.5) is 10.1 Å². The number of rotatable bonds is 7. The number of nitriles is 1. The van der Waals surface area contributed by atoms with E-state index in [-0.39, 0.29) is 12.2 Å². The van der Waals surface area contributed by atoms with Gasteiger partial charge in [-0.05, 0) is 65.7 Å². The molecule has 0 radical (unpaired) electrons. The fourth-order valence-electron chi connectivity index (χ4n) is 2.68. The smallest absolute Gasteiger partial charge is 0.266 e. The molecule has 0 aliphatic rings. The van der Waals surface area contributed by atoms with E-state index in [9.17, 15) is 14.4 Å². The first kappa shape index (κ1) is 21.9. The topological polar surface area (TPSA) is 71.3 Å². The van der Waals surface area contributed by atoms with E-state index in [0.717, 1.165) is 5.56 Å². The Balaban J connectivity index is 1.78. The highest BCUT2D eigenvalue weighted by atomic mass is 35.5. The summed E-state index contributed by atoms with van der Waals surface area (Å²) in [6.07, 6.45) is 1.44. The number of amides is 1. The standard InChI is InChI=1S/C24H18ClFN2O3/c1-30-22-11-4-17(13-23(22)31-15-16-2-5-19(25)6-3-16)12-18(14-27)24(29)28-21-9-7-20(26)8-10-21/h2-13H,15H2,1H3,(H,28,29)/b18-12-. The van der Waals surface area contributed by atoms with E-state index in [1.54, 1.807) is 30.3 Å². The molecule has 0 aromatic heterocycles. The van der Waals surface area contributed by atoms with Gasteiger partial charge in [0.1, 0.15) is 24.1 Å².